The fourth-order valence-electron chi connectivity index (χ4n) is 1.26. The molecule has 0 aromatic heterocycles. The van der Waals surface area contributed by atoms with Crippen molar-refractivity contribution in [3.05, 3.63) is 35.9 Å². The molecule has 0 unspecified atom stereocenters. The molecule has 0 amide bonds. The summed E-state index contributed by atoms with van der Waals surface area (Å²) in [4.78, 5) is 23.5. The second-order valence-corrected chi connectivity index (χ2v) is 3.85. The minimum Gasteiger partial charge on any atom is -0.458 e. The predicted molar refractivity (Wildman–Crippen MR) is 71.3 cm³/mol. The Labute approximate surface area is 119 Å². The molecule has 0 aliphatic heterocycles. The first kappa shape index (κ1) is 10.0. The van der Waals surface area contributed by atoms with E-state index in [-0.39, 0.29) is 6.61 Å². The summed E-state index contributed by atoms with van der Waals surface area (Å²) in [5.74, 6) is -2.08. The number of esters is 2. The normalized spacial score (nSPS) is 16.3. The van der Waals surface area contributed by atoms with Gasteiger partial charge in [-0.3, -0.25) is 4.79 Å². The minimum atomic E-state index is -2.52. The number of hydrogen-bond acceptors (Lipinski definition) is 4. The summed E-state index contributed by atoms with van der Waals surface area (Å²) < 4.78 is 39.5. The molecule has 4 nitrogen and oxygen atoms in total. The highest BCUT2D eigenvalue weighted by atomic mass is 16.6. The van der Waals surface area contributed by atoms with Gasteiger partial charge in [0.15, 0.2) is 6.10 Å². The van der Waals surface area contributed by atoms with Crippen LogP contribution in [-0.4, -0.2) is 18.0 Å². The molecule has 1 aromatic rings. The van der Waals surface area contributed by atoms with Gasteiger partial charge in [0, 0.05) is 11.9 Å². The first-order valence-electron chi connectivity index (χ1n) is 7.93. The van der Waals surface area contributed by atoms with Gasteiger partial charge in [-0.15, -0.1) is 0 Å². The quantitative estimate of drug-likeness (QED) is 0.713. The Morgan fingerprint density at radius 3 is 2.63 bits per heavy atom. The second kappa shape index (κ2) is 8.29. The summed E-state index contributed by atoms with van der Waals surface area (Å²) >= 11 is 0. The molecule has 1 atom stereocenters. The molecule has 0 aliphatic rings. The molecule has 0 saturated heterocycles. The van der Waals surface area contributed by atoms with Gasteiger partial charge in [-0.05, 0) is 18.9 Å². The van der Waals surface area contributed by atoms with Gasteiger partial charge in [-0.2, -0.15) is 0 Å². The van der Waals surface area contributed by atoms with Gasteiger partial charge in [0.1, 0.15) is 6.61 Å². The molecule has 0 N–H and O–H groups in total. The zero-order valence-corrected chi connectivity index (χ0v) is 11.0. The van der Waals surface area contributed by atoms with Crippen molar-refractivity contribution >= 4 is 11.9 Å². The third-order valence-electron chi connectivity index (χ3n) is 2.25. The van der Waals surface area contributed by atoms with Gasteiger partial charge in [0.25, 0.3) is 0 Å². The van der Waals surface area contributed by atoms with Crippen molar-refractivity contribution in [1.29, 1.82) is 0 Å². The largest absolute Gasteiger partial charge is 0.458 e. The van der Waals surface area contributed by atoms with Crippen LogP contribution in [0.3, 0.4) is 0 Å². The van der Waals surface area contributed by atoms with Crippen LogP contribution < -0.4 is 0 Å². The summed E-state index contributed by atoms with van der Waals surface area (Å²) in [5, 5.41) is 0. The number of ether oxygens (including phenoxy) is 2. The Bertz CT molecular complexity index is 540. The highest BCUT2D eigenvalue weighted by Gasteiger charge is 2.18. The summed E-state index contributed by atoms with van der Waals surface area (Å²) in [6, 6.07) is 8.95. The lowest BCUT2D eigenvalue weighted by molar-refractivity contribution is -0.167. The lowest BCUT2D eigenvalue weighted by Crippen LogP contribution is -2.26. The summed E-state index contributed by atoms with van der Waals surface area (Å²) in [6.07, 6.45) is -6.33. The zero-order chi connectivity index (χ0) is 17.7. The number of hydrogen-bond donors (Lipinski definition) is 0. The average Bonchev–Trinajstić information content (AvgIpc) is 2.43. The van der Waals surface area contributed by atoms with E-state index in [0.717, 1.165) is 12.5 Å². The van der Waals surface area contributed by atoms with Crippen LogP contribution >= 0.6 is 0 Å². The molecule has 0 fully saturated rings. The maximum absolute atomic E-state index is 11.8. The Kier molecular flexibility index (Phi) is 4.37. The van der Waals surface area contributed by atoms with Crippen molar-refractivity contribution in [2.24, 2.45) is 0 Å². The van der Waals surface area contributed by atoms with Gasteiger partial charge >= 0.3 is 11.9 Å². The molecule has 4 heteroatoms. The number of carbonyl (C=O) groups excluding carboxylic acids is 2. The Morgan fingerprint density at radius 2 is 2.00 bits per heavy atom. The molecule has 0 aliphatic carbocycles. The van der Waals surface area contributed by atoms with E-state index < -0.39 is 37.2 Å². The standard InChI is InChI=1S/C15H20O4/c1-3-4-10-14(16)19-12(2)15(17)18-11-13-8-6-5-7-9-13/h5-9,12H,3-4,10-11H2,1-2H3/t12-/m0/s1/i3D2,10D2. The number of benzene rings is 1. The van der Waals surface area contributed by atoms with Crippen molar-refractivity contribution in [1.82, 2.24) is 0 Å². The number of rotatable bonds is 7. The molecular weight excluding hydrogens is 244 g/mol. The highest BCUT2D eigenvalue weighted by Crippen LogP contribution is 2.05. The van der Waals surface area contributed by atoms with Gasteiger partial charge in [0.2, 0.25) is 0 Å². The average molecular weight is 268 g/mol. The molecule has 0 heterocycles. The van der Waals surface area contributed by atoms with Crippen LogP contribution in [0.15, 0.2) is 30.3 Å². The molecule has 104 valence electrons. The molecule has 0 radical (unpaired) electrons. The van der Waals surface area contributed by atoms with E-state index in [1.165, 1.54) is 6.92 Å². The Hall–Kier alpha value is -1.84. The maximum Gasteiger partial charge on any atom is 0.347 e. The van der Waals surface area contributed by atoms with E-state index in [0.29, 0.717) is 0 Å². The minimum absolute atomic E-state index is 0.0198. The molecule has 1 aromatic carbocycles. The third-order valence-corrected chi connectivity index (χ3v) is 2.25. The van der Waals surface area contributed by atoms with E-state index in [9.17, 15) is 9.59 Å². The van der Waals surface area contributed by atoms with Crippen LogP contribution in [0.4, 0.5) is 0 Å². The first-order chi connectivity index (χ1) is 10.5. The van der Waals surface area contributed by atoms with Crippen molar-refractivity contribution in [3.63, 3.8) is 0 Å². The van der Waals surface area contributed by atoms with Crippen LogP contribution in [0.1, 0.15) is 44.1 Å². The van der Waals surface area contributed by atoms with Gasteiger partial charge in [0.05, 0.1) is 0 Å². The van der Waals surface area contributed by atoms with Gasteiger partial charge < -0.3 is 9.47 Å². The van der Waals surface area contributed by atoms with E-state index in [1.54, 1.807) is 24.3 Å². The predicted octanol–water partition coefficient (Wildman–Crippen LogP) is 2.85. The van der Waals surface area contributed by atoms with Crippen molar-refractivity contribution in [2.45, 2.75) is 45.7 Å². The monoisotopic (exact) mass is 268 g/mol. The maximum atomic E-state index is 11.8. The molecular formula is C15H20O4. The summed E-state index contributed by atoms with van der Waals surface area (Å²) in [5.41, 5.74) is 0.772. The highest BCUT2D eigenvalue weighted by molar-refractivity contribution is 5.78. The third kappa shape index (κ3) is 6.04. The van der Waals surface area contributed by atoms with Gasteiger partial charge in [-0.25, -0.2) is 4.79 Å². The van der Waals surface area contributed by atoms with Crippen LogP contribution in [0.25, 0.3) is 0 Å². The summed E-state index contributed by atoms with van der Waals surface area (Å²) in [7, 11) is 0. The van der Waals surface area contributed by atoms with Crippen LogP contribution in [0.2, 0.25) is 0 Å². The molecule has 19 heavy (non-hydrogen) atoms. The summed E-state index contributed by atoms with van der Waals surface area (Å²) in [6.45, 7) is 2.46. The molecule has 0 bridgehead atoms. The van der Waals surface area contributed by atoms with Gasteiger partial charge in [-0.1, -0.05) is 43.6 Å². The Morgan fingerprint density at radius 1 is 1.32 bits per heavy atom. The lowest BCUT2D eigenvalue weighted by Gasteiger charge is -2.12. The number of carbonyl (C=O) groups is 2. The molecule has 0 spiro atoms. The van der Waals surface area contributed by atoms with E-state index >= 15 is 0 Å². The SMILES string of the molecule is [2H]C([2H])(C)CC([2H])([2H])C(=O)O[C@@H](C)C(=O)OCc1ccccc1. The van der Waals surface area contributed by atoms with Crippen LogP contribution in [0.5, 0.6) is 0 Å². The topological polar surface area (TPSA) is 52.6 Å². The van der Waals surface area contributed by atoms with E-state index in [2.05, 4.69) is 0 Å². The van der Waals surface area contributed by atoms with Crippen molar-refractivity contribution in [3.8, 4) is 0 Å². The fourth-order valence-corrected chi connectivity index (χ4v) is 1.26. The van der Waals surface area contributed by atoms with Crippen molar-refractivity contribution < 1.29 is 24.5 Å². The first-order valence-corrected chi connectivity index (χ1v) is 5.93. The fraction of sp³-hybridized carbons (Fsp3) is 0.467. The smallest absolute Gasteiger partial charge is 0.347 e. The van der Waals surface area contributed by atoms with E-state index in [4.69, 9.17) is 15.0 Å². The van der Waals surface area contributed by atoms with E-state index in [1.807, 2.05) is 6.07 Å². The van der Waals surface area contributed by atoms with Crippen LogP contribution in [0, 0.1) is 0 Å². The second-order valence-electron chi connectivity index (χ2n) is 3.85. The molecule has 1 rings (SSSR count). The lowest BCUT2D eigenvalue weighted by atomic mass is 10.2. The van der Waals surface area contributed by atoms with Crippen LogP contribution in [-0.2, 0) is 25.7 Å². The van der Waals surface area contributed by atoms with Crippen molar-refractivity contribution in [2.75, 3.05) is 0 Å². The Balaban J connectivity index is 2.52. The zero-order valence-electron chi connectivity index (χ0n) is 15.0. The molecule has 0 saturated carbocycles.